The molecule has 0 fully saturated rings. The predicted molar refractivity (Wildman–Crippen MR) is 88.4 cm³/mol. The third kappa shape index (κ3) is 2.23. The number of anilines is 1. The second-order valence-electron chi connectivity index (χ2n) is 5.08. The number of H-pyrrole nitrogens is 1. The van der Waals surface area contributed by atoms with Crippen molar-refractivity contribution in [2.75, 3.05) is 5.32 Å². The van der Waals surface area contributed by atoms with E-state index in [0.717, 1.165) is 32.5 Å². The van der Waals surface area contributed by atoms with Gasteiger partial charge >= 0.3 is 0 Å². The van der Waals surface area contributed by atoms with Gasteiger partial charge in [-0.15, -0.1) is 11.3 Å². The van der Waals surface area contributed by atoms with Crippen LogP contribution < -0.4 is 5.32 Å². The summed E-state index contributed by atoms with van der Waals surface area (Å²) in [5.74, 6) is -0.125. The maximum absolute atomic E-state index is 12.4. The zero-order valence-corrected chi connectivity index (χ0v) is 12.6. The van der Waals surface area contributed by atoms with Crippen molar-refractivity contribution in [3.05, 3.63) is 53.2 Å². The van der Waals surface area contributed by atoms with Crippen LogP contribution in [0.15, 0.2) is 42.6 Å². The second kappa shape index (κ2) is 4.92. The lowest BCUT2D eigenvalue weighted by molar-refractivity contribution is 0.103. The van der Waals surface area contributed by atoms with Gasteiger partial charge in [-0.05, 0) is 37.3 Å². The highest BCUT2D eigenvalue weighted by molar-refractivity contribution is 7.20. The van der Waals surface area contributed by atoms with Crippen molar-refractivity contribution >= 4 is 44.1 Å². The largest absolute Gasteiger partial charge is 0.321 e. The first-order valence-corrected chi connectivity index (χ1v) is 7.62. The molecule has 2 N–H and O–H groups in total. The summed E-state index contributed by atoms with van der Waals surface area (Å²) in [7, 11) is 0. The number of aromatic nitrogens is 3. The summed E-state index contributed by atoms with van der Waals surface area (Å²) < 4.78 is 0. The van der Waals surface area contributed by atoms with Gasteiger partial charge < -0.3 is 5.32 Å². The molecule has 0 aliphatic carbocycles. The average Bonchev–Trinajstić information content (AvgIpc) is 3.12. The monoisotopic (exact) mass is 308 g/mol. The van der Waals surface area contributed by atoms with Crippen LogP contribution in [0.1, 0.15) is 15.4 Å². The van der Waals surface area contributed by atoms with Crippen molar-refractivity contribution in [3.8, 4) is 0 Å². The predicted octanol–water partition coefficient (Wildman–Crippen LogP) is 3.73. The Morgan fingerprint density at radius 3 is 2.95 bits per heavy atom. The van der Waals surface area contributed by atoms with Crippen molar-refractivity contribution < 1.29 is 4.79 Å². The molecule has 1 amide bonds. The number of nitrogens with zero attached hydrogens (tertiary/aromatic N) is 2. The first-order chi connectivity index (χ1) is 10.7. The smallest absolute Gasteiger partial charge is 0.265 e. The number of benzene rings is 1. The zero-order chi connectivity index (χ0) is 15.1. The number of carbonyl (C=O) groups is 1. The Hall–Kier alpha value is -2.73. The van der Waals surface area contributed by atoms with E-state index in [-0.39, 0.29) is 5.91 Å². The molecule has 0 saturated carbocycles. The van der Waals surface area contributed by atoms with Crippen LogP contribution >= 0.6 is 11.3 Å². The van der Waals surface area contributed by atoms with Gasteiger partial charge in [0.2, 0.25) is 0 Å². The van der Waals surface area contributed by atoms with Gasteiger partial charge in [-0.2, -0.15) is 5.10 Å². The lowest BCUT2D eigenvalue weighted by Crippen LogP contribution is -2.09. The molecule has 0 unspecified atom stereocenters. The van der Waals surface area contributed by atoms with Gasteiger partial charge in [0, 0.05) is 22.2 Å². The molecular weight excluding hydrogens is 296 g/mol. The van der Waals surface area contributed by atoms with E-state index >= 15 is 0 Å². The summed E-state index contributed by atoms with van der Waals surface area (Å²) in [6, 6.07) is 11.5. The number of thiophene rings is 1. The van der Waals surface area contributed by atoms with E-state index in [1.807, 2.05) is 43.3 Å². The van der Waals surface area contributed by atoms with Crippen LogP contribution in [0.5, 0.6) is 0 Å². The number of hydrogen-bond acceptors (Lipinski definition) is 4. The zero-order valence-electron chi connectivity index (χ0n) is 11.8. The molecule has 0 bridgehead atoms. The number of nitrogens with one attached hydrogen (secondary N) is 2. The average molecular weight is 308 g/mol. The van der Waals surface area contributed by atoms with Crippen LogP contribution in [0.3, 0.4) is 0 Å². The van der Waals surface area contributed by atoms with Crippen LogP contribution in [0.2, 0.25) is 0 Å². The number of rotatable bonds is 2. The fourth-order valence-electron chi connectivity index (χ4n) is 2.33. The quantitative estimate of drug-likeness (QED) is 0.592. The molecule has 22 heavy (non-hydrogen) atoms. The van der Waals surface area contributed by atoms with Gasteiger partial charge in [0.25, 0.3) is 5.91 Å². The van der Waals surface area contributed by atoms with Crippen molar-refractivity contribution in [2.24, 2.45) is 0 Å². The number of pyridine rings is 1. The maximum Gasteiger partial charge on any atom is 0.265 e. The highest BCUT2D eigenvalue weighted by Gasteiger charge is 2.12. The van der Waals surface area contributed by atoms with Gasteiger partial charge in [-0.25, -0.2) is 4.98 Å². The van der Waals surface area contributed by atoms with Crippen LogP contribution in [0.4, 0.5) is 5.69 Å². The lowest BCUT2D eigenvalue weighted by atomic mass is 10.2. The summed E-state index contributed by atoms with van der Waals surface area (Å²) in [4.78, 5) is 18.4. The van der Waals surface area contributed by atoms with Crippen LogP contribution in [-0.2, 0) is 0 Å². The highest BCUT2D eigenvalue weighted by atomic mass is 32.1. The number of fused-ring (bicyclic) bond motifs is 2. The standard InChI is InChI=1S/C16H12N4OS/c1-9-2-3-10-6-14(22-16(10)18-9)15(21)19-12-5-4-11-8-17-20-13(11)7-12/h2-8H,1H3,(H,17,20)(H,19,21). The normalized spacial score (nSPS) is 11.1. The topological polar surface area (TPSA) is 70.7 Å². The second-order valence-corrected chi connectivity index (χ2v) is 6.11. The van der Waals surface area contributed by atoms with Crippen LogP contribution in [0, 0.1) is 6.92 Å². The van der Waals surface area contributed by atoms with E-state index in [2.05, 4.69) is 20.5 Å². The Bertz CT molecular complexity index is 1000. The molecule has 0 spiro atoms. The van der Waals surface area contributed by atoms with Crippen LogP contribution in [-0.4, -0.2) is 21.1 Å². The van der Waals surface area contributed by atoms with E-state index in [1.54, 1.807) is 6.20 Å². The molecule has 108 valence electrons. The number of amides is 1. The minimum atomic E-state index is -0.125. The number of hydrogen-bond donors (Lipinski definition) is 2. The molecule has 0 saturated heterocycles. The summed E-state index contributed by atoms with van der Waals surface area (Å²) in [6.07, 6.45) is 1.75. The molecule has 4 aromatic rings. The van der Waals surface area contributed by atoms with Gasteiger partial charge in [0.05, 0.1) is 16.6 Å². The Morgan fingerprint density at radius 2 is 2.05 bits per heavy atom. The number of aromatic amines is 1. The van der Waals surface area contributed by atoms with Gasteiger partial charge in [-0.1, -0.05) is 6.07 Å². The molecular formula is C16H12N4OS. The summed E-state index contributed by atoms with van der Waals surface area (Å²) in [6.45, 7) is 1.94. The Labute approximate surface area is 130 Å². The molecule has 5 nitrogen and oxygen atoms in total. The SMILES string of the molecule is Cc1ccc2cc(C(=O)Nc3ccc4cn[nH]c4c3)sc2n1. The molecule has 0 radical (unpaired) electrons. The molecule has 4 rings (SSSR count). The van der Waals surface area contributed by atoms with E-state index in [1.165, 1.54) is 11.3 Å². The Balaban J connectivity index is 1.64. The summed E-state index contributed by atoms with van der Waals surface area (Å²) in [5, 5.41) is 11.8. The molecule has 3 heterocycles. The van der Waals surface area contributed by atoms with Crippen LogP contribution in [0.25, 0.3) is 21.1 Å². The fourth-order valence-corrected chi connectivity index (χ4v) is 3.30. The molecule has 6 heteroatoms. The Morgan fingerprint density at radius 1 is 1.18 bits per heavy atom. The first kappa shape index (κ1) is 13.0. The molecule has 1 aromatic carbocycles. The fraction of sp³-hybridized carbons (Fsp3) is 0.0625. The van der Waals surface area contributed by atoms with Crippen molar-refractivity contribution in [2.45, 2.75) is 6.92 Å². The van der Waals surface area contributed by atoms with Crippen molar-refractivity contribution in [3.63, 3.8) is 0 Å². The third-order valence-corrected chi connectivity index (χ3v) is 4.49. The summed E-state index contributed by atoms with van der Waals surface area (Å²) in [5.41, 5.74) is 2.58. The minimum Gasteiger partial charge on any atom is -0.321 e. The van der Waals surface area contributed by atoms with E-state index in [4.69, 9.17) is 0 Å². The van der Waals surface area contributed by atoms with Gasteiger partial charge in [-0.3, -0.25) is 9.89 Å². The van der Waals surface area contributed by atoms with Gasteiger partial charge in [0.1, 0.15) is 4.83 Å². The van der Waals surface area contributed by atoms with Gasteiger partial charge in [0.15, 0.2) is 0 Å². The maximum atomic E-state index is 12.4. The first-order valence-electron chi connectivity index (χ1n) is 6.81. The van der Waals surface area contributed by atoms with E-state index in [0.29, 0.717) is 4.88 Å². The highest BCUT2D eigenvalue weighted by Crippen LogP contribution is 2.25. The number of carbonyl (C=O) groups excluding carboxylic acids is 1. The Kier molecular flexibility index (Phi) is 2.90. The van der Waals surface area contributed by atoms with E-state index < -0.39 is 0 Å². The molecule has 0 atom stereocenters. The lowest BCUT2D eigenvalue weighted by Gasteiger charge is -2.03. The summed E-state index contributed by atoms with van der Waals surface area (Å²) >= 11 is 1.40. The molecule has 0 aliphatic heterocycles. The number of aryl methyl sites for hydroxylation is 1. The molecule has 3 aromatic heterocycles. The third-order valence-electron chi connectivity index (χ3n) is 3.45. The van der Waals surface area contributed by atoms with Crippen molar-refractivity contribution in [1.82, 2.24) is 15.2 Å². The molecule has 0 aliphatic rings. The van der Waals surface area contributed by atoms with Crippen molar-refractivity contribution in [1.29, 1.82) is 0 Å². The minimum absolute atomic E-state index is 0.125. The van der Waals surface area contributed by atoms with E-state index in [9.17, 15) is 4.79 Å².